The summed E-state index contributed by atoms with van der Waals surface area (Å²) in [5.74, 6) is 0. The molecular weight excluding hydrogens is 271 g/mol. The smallest absolute Gasteiger partial charge is 0.323 e. The predicted octanol–water partition coefficient (Wildman–Crippen LogP) is 4.84. The number of nitrogens with two attached hydrogens (primary N) is 1. The first-order chi connectivity index (χ1) is 8.91. The molecule has 1 heterocycles. The van der Waals surface area contributed by atoms with Crippen molar-refractivity contribution in [2.75, 3.05) is 0 Å². The molecule has 102 valence electrons. The lowest BCUT2D eigenvalue weighted by atomic mass is 10.1. The zero-order chi connectivity index (χ0) is 14.0. The van der Waals surface area contributed by atoms with Gasteiger partial charge < -0.3 is 5.73 Å². The van der Waals surface area contributed by atoms with Crippen molar-refractivity contribution in [3.05, 3.63) is 46.8 Å². The minimum atomic E-state index is -4.31. The van der Waals surface area contributed by atoms with Gasteiger partial charge in [0.15, 0.2) is 0 Å². The second kappa shape index (κ2) is 5.35. The Morgan fingerprint density at radius 2 is 1.95 bits per heavy atom. The highest BCUT2D eigenvalue weighted by Gasteiger charge is 2.30. The van der Waals surface area contributed by atoms with Crippen molar-refractivity contribution in [1.82, 2.24) is 0 Å². The number of rotatable bonds is 3. The van der Waals surface area contributed by atoms with Crippen LogP contribution in [0.5, 0.6) is 0 Å². The molecule has 2 rings (SSSR count). The summed E-state index contributed by atoms with van der Waals surface area (Å²) in [6.45, 7) is 1.98. The molecule has 1 aromatic heterocycles. The summed E-state index contributed by atoms with van der Waals surface area (Å²) in [5.41, 5.74) is 5.87. The van der Waals surface area contributed by atoms with Crippen LogP contribution in [0.15, 0.2) is 36.4 Å². The van der Waals surface area contributed by atoms with E-state index in [4.69, 9.17) is 5.73 Å². The van der Waals surface area contributed by atoms with Crippen LogP contribution in [-0.4, -0.2) is 0 Å². The molecule has 0 amide bonds. The average molecular weight is 285 g/mol. The molecule has 1 aromatic carbocycles. The molecule has 0 spiro atoms. The molecule has 5 heteroatoms. The van der Waals surface area contributed by atoms with E-state index in [9.17, 15) is 13.2 Å². The Bertz CT molecular complexity index is 560. The SMILES string of the molecule is CCC(N)c1ccc(-c2cccc(C(F)(F)F)c2)s1. The normalized spacial score (nSPS) is 13.5. The van der Waals surface area contributed by atoms with Crippen LogP contribution in [0.2, 0.25) is 0 Å². The van der Waals surface area contributed by atoms with Crippen LogP contribution in [0, 0.1) is 0 Å². The fourth-order valence-electron chi connectivity index (χ4n) is 1.76. The zero-order valence-corrected chi connectivity index (χ0v) is 11.2. The van der Waals surface area contributed by atoms with E-state index in [1.807, 2.05) is 19.1 Å². The lowest BCUT2D eigenvalue weighted by Crippen LogP contribution is -2.05. The molecular formula is C14H14F3NS. The van der Waals surface area contributed by atoms with Gasteiger partial charge in [0, 0.05) is 15.8 Å². The molecule has 1 unspecified atom stereocenters. The van der Waals surface area contributed by atoms with Crippen molar-refractivity contribution in [2.45, 2.75) is 25.6 Å². The summed E-state index contributed by atoms with van der Waals surface area (Å²) >= 11 is 1.45. The van der Waals surface area contributed by atoms with E-state index in [2.05, 4.69) is 0 Å². The predicted molar refractivity (Wildman–Crippen MR) is 72.0 cm³/mol. The van der Waals surface area contributed by atoms with Crippen molar-refractivity contribution in [2.24, 2.45) is 5.73 Å². The largest absolute Gasteiger partial charge is 0.416 e. The van der Waals surface area contributed by atoms with E-state index in [0.717, 1.165) is 22.2 Å². The Labute approximate surface area is 113 Å². The maximum Gasteiger partial charge on any atom is 0.416 e. The first kappa shape index (κ1) is 14.1. The van der Waals surface area contributed by atoms with Crippen molar-refractivity contribution in [3.8, 4) is 10.4 Å². The van der Waals surface area contributed by atoms with Gasteiger partial charge in [-0.1, -0.05) is 19.1 Å². The number of benzene rings is 1. The van der Waals surface area contributed by atoms with Crippen LogP contribution in [0.1, 0.15) is 29.8 Å². The average Bonchev–Trinajstić information content (AvgIpc) is 2.86. The van der Waals surface area contributed by atoms with Crippen LogP contribution in [0.3, 0.4) is 0 Å². The molecule has 2 N–H and O–H groups in total. The monoisotopic (exact) mass is 285 g/mol. The number of hydrogen-bond donors (Lipinski definition) is 1. The van der Waals surface area contributed by atoms with Gasteiger partial charge in [-0.15, -0.1) is 11.3 Å². The fraction of sp³-hybridized carbons (Fsp3) is 0.286. The summed E-state index contributed by atoms with van der Waals surface area (Å²) in [6, 6.07) is 9.02. The molecule has 0 bridgehead atoms. The minimum Gasteiger partial charge on any atom is -0.323 e. The molecule has 0 aliphatic rings. The maximum absolute atomic E-state index is 12.7. The molecule has 0 fully saturated rings. The number of alkyl halides is 3. The fourth-order valence-corrected chi connectivity index (χ4v) is 2.85. The Balaban J connectivity index is 2.34. The van der Waals surface area contributed by atoms with Gasteiger partial charge >= 0.3 is 6.18 Å². The van der Waals surface area contributed by atoms with E-state index in [1.165, 1.54) is 23.5 Å². The zero-order valence-electron chi connectivity index (χ0n) is 10.4. The van der Waals surface area contributed by atoms with Crippen LogP contribution in [-0.2, 0) is 6.18 Å². The summed E-state index contributed by atoms with van der Waals surface area (Å²) in [5, 5.41) is 0. The standard InChI is InChI=1S/C14H14F3NS/c1-2-11(18)13-7-6-12(19-13)9-4-3-5-10(8-9)14(15,16)17/h3-8,11H,2,18H2,1H3. The summed E-state index contributed by atoms with van der Waals surface area (Å²) in [7, 11) is 0. The Kier molecular flexibility index (Phi) is 3.96. The highest BCUT2D eigenvalue weighted by Crippen LogP contribution is 2.35. The number of hydrogen-bond acceptors (Lipinski definition) is 2. The minimum absolute atomic E-state index is 0.0513. The molecule has 0 saturated heterocycles. The van der Waals surface area contributed by atoms with Gasteiger partial charge in [-0.25, -0.2) is 0 Å². The first-order valence-corrected chi connectivity index (χ1v) is 6.76. The van der Waals surface area contributed by atoms with Crippen molar-refractivity contribution >= 4 is 11.3 Å². The molecule has 0 radical (unpaired) electrons. The van der Waals surface area contributed by atoms with E-state index >= 15 is 0 Å². The second-order valence-corrected chi connectivity index (χ2v) is 5.41. The Morgan fingerprint density at radius 3 is 2.58 bits per heavy atom. The highest BCUT2D eigenvalue weighted by atomic mass is 32.1. The summed E-state index contributed by atoms with van der Waals surface area (Å²) < 4.78 is 38.0. The molecule has 0 aliphatic heterocycles. The lowest BCUT2D eigenvalue weighted by Gasteiger charge is -2.08. The van der Waals surface area contributed by atoms with Crippen LogP contribution in [0.25, 0.3) is 10.4 Å². The third kappa shape index (κ3) is 3.16. The van der Waals surface area contributed by atoms with Gasteiger partial charge in [0.05, 0.1) is 5.56 Å². The first-order valence-electron chi connectivity index (χ1n) is 5.94. The van der Waals surface area contributed by atoms with Gasteiger partial charge in [-0.2, -0.15) is 13.2 Å². The van der Waals surface area contributed by atoms with Crippen molar-refractivity contribution in [3.63, 3.8) is 0 Å². The highest BCUT2D eigenvalue weighted by molar-refractivity contribution is 7.15. The molecule has 0 aliphatic carbocycles. The maximum atomic E-state index is 12.7. The van der Waals surface area contributed by atoms with Gasteiger partial charge in [0.2, 0.25) is 0 Å². The van der Waals surface area contributed by atoms with Gasteiger partial charge in [0.25, 0.3) is 0 Å². The summed E-state index contributed by atoms with van der Waals surface area (Å²) in [4.78, 5) is 1.81. The van der Waals surface area contributed by atoms with Gasteiger partial charge in [-0.05, 0) is 36.2 Å². The van der Waals surface area contributed by atoms with Crippen LogP contribution >= 0.6 is 11.3 Å². The van der Waals surface area contributed by atoms with Crippen molar-refractivity contribution < 1.29 is 13.2 Å². The lowest BCUT2D eigenvalue weighted by molar-refractivity contribution is -0.137. The van der Waals surface area contributed by atoms with Crippen LogP contribution in [0.4, 0.5) is 13.2 Å². The molecule has 1 nitrogen and oxygen atoms in total. The quantitative estimate of drug-likeness (QED) is 0.857. The molecule has 19 heavy (non-hydrogen) atoms. The van der Waals surface area contributed by atoms with E-state index in [0.29, 0.717) is 5.56 Å². The van der Waals surface area contributed by atoms with E-state index in [-0.39, 0.29) is 6.04 Å². The molecule has 2 aromatic rings. The van der Waals surface area contributed by atoms with E-state index < -0.39 is 11.7 Å². The number of halogens is 3. The molecule has 1 atom stereocenters. The van der Waals surface area contributed by atoms with Gasteiger partial charge in [-0.3, -0.25) is 0 Å². The van der Waals surface area contributed by atoms with Gasteiger partial charge in [0.1, 0.15) is 0 Å². The topological polar surface area (TPSA) is 26.0 Å². The Morgan fingerprint density at radius 1 is 1.21 bits per heavy atom. The third-order valence-corrected chi connectivity index (χ3v) is 4.17. The van der Waals surface area contributed by atoms with E-state index in [1.54, 1.807) is 6.07 Å². The molecule has 0 saturated carbocycles. The van der Waals surface area contributed by atoms with Crippen LogP contribution < -0.4 is 5.73 Å². The Hall–Kier alpha value is -1.33. The van der Waals surface area contributed by atoms with Crippen molar-refractivity contribution in [1.29, 1.82) is 0 Å². The summed E-state index contributed by atoms with van der Waals surface area (Å²) in [6.07, 6.45) is -3.50. The third-order valence-electron chi connectivity index (χ3n) is 2.91. The second-order valence-electron chi connectivity index (χ2n) is 4.30. The number of thiophene rings is 1.